The van der Waals surface area contributed by atoms with Crippen molar-refractivity contribution in [3.05, 3.63) is 18.7 Å². The quantitative estimate of drug-likeness (QED) is 0.390. The topological polar surface area (TPSA) is 55.1 Å². The van der Waals surface area contributed by atoms with Crippen molar-refractivity contribution in [2.45, 2.75) is 96.4 Å². The molecule has 0 amide bonds. The standard InChI is InChI=1S/C19H34N2O2.ClH/c1-2-3-4-5-6-7-8-9-10-11-12-13-14-18(19(22)23)21-16-15-20-17-21;/h15-18H,2-14H2,1H3,(H,22,23);1H. The molecule has 1 unspecified atom stereocenters. The van der Waals surface area contributed by atoms with Crippen LogP contribution in [0, 0.1) is 0 Å². The Bertz CT molecular complexity index is 396. The highest BCUT2D eigenvalue weighted by Crippen LogP contribution is 2.17. The lowest BCUT2D eigenvalue weighted by atomic mass is 10.0. The van der Waals surface area contributed by atoms with Gasteiger partial charge in [0.05, 0.1) is 6.33 Å². The van der Waals surface area contributed by atoms with E-state index in [1.807, 2.05) is 0 Å². The average Bonchev–Trinajstić information content (AvgIpc) is 3.05. The Hall–Kier alpha value is -1.03. The minimum Gasteiger partial charge on any atom is -0.480 e. The largest absolute Gasteiger partial charge is 0.480 e. The van der Waals surface area contributed by atoms with E-state index < -0.39 is 12.0 Å². The summed E-state index contributed by atoms with van der Waals surface area (Å²) in [4.78, 5) is 15.2. The monoisotopic (exact) mass is 358 g/mol. The summed E-state index contributed by atoms with van der Waals surface area (Å²) in [7, 11) is 0. The summed E-state index contributed by atoms with van der Waals surface area (Å²) >= 11 is 0. The third kappa shape index (κ3) is 10.7. The van der Waals surface area contributed by atoms with Gasteiger partial charge in [-0.2, -0.15) is 0 Å². The number of carbonyl (C=O) groups is 1. The van der Waals surface area contributed by atoms with Crippen molar-refractivity contribution >= 4 is 18.4 Å². The first-order valence-electron chi connectivity index (χ1n) is 9.46. The van der Waals surface area contributed by atoms with Gasteiger partial charge in [0.2, 0.25) is 0 Å². The molecular weight excluding hydrogens is 324 g/mol. The number of aliphatic carboxylic acids is 1. The van der Waals surface area contributed by atoms with Crippen LogP contribution >= 0.6 is 12.4 Å². The van der Waals surface area contributed by atoms with Gasteiger partial charge in [-0.1, -0.05) is 84.0 Å². The molecular formula is C19H35ClN2O2. The normalized spacial score (nSPS) is 11.9. The Morgan fingerprint density at radius 3 is 1.88 bits per heavy atom. The molecule has 24 heavy (non-hydrogen) atoms. The summed E-state index contributed by atoms with van der Waals surface area (Å²) in [6.07, 6.45) is 21.3. The van der Waals surface area contributed by atoms with Crippen LogP contribution in [0.4, 0.5) is 0 Å². The number of halogens is 1. The minimum atomic E-state index is -0.758. The average molecular weight is 359 g/mol. The van der Waals surface area contributed by atoms with Crippen LogP contribution in [0.15, 0.2) is 18.7 Å². The van der Waals surface area contributed by atoms with Crippen LogP contribution in [0.3, 0.4) is 0 Å². The SMILES string of the molecule is CCCCCCCCCCCCCCC(C(=O)O)n1ccnc1.Cl. The van der Waals surface area contributed by atoms with Gasteiger partial charge in [-0.25, -0.2) is 9.78 Å². The van der Waals surface area contributed by atoms with Gasteiger partial charge in [0.25, 0.3) is 0 Å². The number of carboxylic acids is 1. The number of hydrogen-bond acceptors (Lipinski definition) is 2. The molecule has 0 fully saturated rings. The van der Waals surface area contributed by atoms with Gasteiger partial charge in [0.1, 0.15) is 6.04 Å². The molecule has 0 saturated heterocycles. The van der Waals surface area contributed by atoms with Crippen LogP contribution < -0.4 is 0 Å². The fourth-order valence-corrected chi connectivity index (χ4v) is 3.03. The Morgan fingerprint density at radius 2 is 1.46 bits per heavy atom. The van der Waals surface area contributed by atoms with Crippen molar-refractivity contribution in [1.29, 1.82) is 0 Å². The smallest absolute Gasteiger partial charge is 0.326 e. The fourth-order valence-electron chi connectivity index (χ4n) is 3.03. The van der Waals surface area contributed by atoms with Crippen LogP contribution in [-0.2, 0) is 4.79 Å². The summed E-state index contributed by atoms with van der Waals surface area (Å²) in [6.45, 7) is 2.26. The van der Waals surface area contributed by atoms with Gasteiger partial charge in [0.15, 0.2) is 0 Å². The maximum Gasteiger partial charge on any atom is 0.326 e. The first-order valence-corrected chi connectivity index (χ1v) is 9.46. The van der Waals surface area contributed by atoms with Gasteiger partial charge in [-0.3, -0.25) is 0 Å². The number of unbranched alkanes of at least 4 members (excludes halogenated alkanes) is 11. The predicted molar refractivity (Wildman–Crippen MR) is 102 cm³/mol. The molecule has 1 heterocycles. The van der Waals surface area contributed by atoms with Crippen LogP contribution in [0.1, 0.15) is 96.4 Å². The molecule has 1 aromatic rings. The van der Waals surface area contributed by atoms with Gasteiger partial charge in [0, 0.05) is 12.4 Å². The molecule has 1 atom stereocenters. The summed E-state index contributed by atoms with van der Waals surface area (Å²) in [6, 6.07) is -0.458. The van der Waals surface area contributed by atoms with Crippen LogP contribution in [0.5, 0.6) is 0 Å². The van der Waals surface area contributed by atoms with Gasteiger partial charge >= 0.3 is 5.97 Å². The number of aromatic nitrogens is 2. The molecule has 0 aliphatic rings. The molecule has 0 aromatic carbocycles. The zero-order valence-corrected chi connectivity index (χ0v) is 16.0. The molecule has 140 valence electrons. The molecule has 0 aliphatic heterocycles. The fraction of sp³-hybridized carbons (Fsp3) is 0.789. The summed E-state index contributed by atoms with van der Waals surface area (Å²) in [5, 5.41) is 9.27. The molecule has 0 saturated carbocycles. The van der Waals surface area contributed by atoms with E-state index in [2.05, 4.69) is 11.9 Å². The van der Waals surface area contributed by atoms with Crippen molar-refractivity contribution in [1.82, 2.24) is 9.55 Å². The summed E-state index contributed by atoms with van der Waals surface area (Å²) < 4.78 is 1.70. The van der Waals surface area contributed by atoms with Gasteiger partial charge in [-0.15, -0.1) is 12.4 Å². The first-order chi connectivity index (χ1) is 11.3. The predicted octanol–water partition coefficient (Wildman–Crippen LogP) is 6.02. The van der Waals surface area contributed by atoms with E-state index >= 15 is 0 Å². The molecule has 4 nitrogen and oxygen atoms in total. The van der Waals surface area contributed by atoms with Gasteiger partial charge < -0.3 is 9.67 Å². The zero-order chi connectivity index (χ0) is 16.8. The Morgan fingerprint density at radius 1 is 0.958 bits per heavy atom. The van der Waals surface area contributed by atoms with E-state index in [4.69, 9.17) is 0 Å². The minimum absolute atomic E-state index is 0. The third-order valence-electron chi connectivity index (χ3n) is 4.50. The van der Waals surface area contributed by atoms with E-state index in [1.54, 1.807) is 23.3 Å². The molecule has 0 spiro atoms. The molecule has 0 radical (unpaired) electrons. The number of rotatable bonds is 15. The number of nitrogens with zero attached hydrogens (tertiary/aromatic N) is 2. The van der Waals surface area contributed by atoms with Crippen molar-refractivity contribution in [2.75, 3.05) is 0 Å². The lowest BCUT2D eigenvalue weighted by Crippen LogP contribution is -2.17. The van der Waals surface area contributed by atoms with E-state index in [0.29, 0.717) is 6.42 Å². The van der Waals surface area contributed by atoms with E-state index in [9.17, 15) is 9.90 Å². The Kier molecular flexibility index (Phi) is 14.8. The van der Waals surface area contributed by atoms with Crippen LogP contribution in [0.2, 0.25) is 0 Å². The van der Waals surface area contributed by atoms with Gasteiger partial charge in [-0.05, 0) is 6.42 Å². The summed E-state index contributed by atoms with van der Waals surface area (Å²) in [5.74, 6) is -0.758. The third-order valence-corrected chi connectivity index (χ3v) is 4.50. The lowest BCUT2D eigenvalue weighted by Gasteiger charge is -2.13. The number of hydrogen-bond donors (Lipinski definition) is 1. The second-order valence-electron chi connectivity index (χ2n) is 6.54. The molecule has 1 rings (SSSR count). The maximum atomic E-state index is 11.3. The molecule has 1 N–H and O–H groups in total. The van der Waals surface area contributed by atoms with Crippen LogP contribution in [0.25, 0.3) is 0 Å². The van der Waals surface area contributed by atoms with Crippen LogP contribution in [-0.4, -0.2) is 20.6 Å². The van der Waals surface area contributed by atoms with Crippen molar-refractivity contribution in [3.8, 4) is 0 Å². The van der Waals surface area contributed by atoms with E-state index in [-0.39, 0.29) is 12.4 Å². The number of carboxylic acid groups (broad SMARTS) is 1. The highest BCUT2D eigenvalue weighted by Gasteiger charge is 2.17. The van der Waals surface area contributed by atoms with Crippen molar-refractivity contribution < 1.29 is 9.90 Å². The Labute approximate surface area is 153 Å². The molecule has 0 bridgehead atoms. The second kappa shape index (κ2) is 15.5. The zero-order valence-electron chi connectivity index (χ0n) is 15.2. The van der Waals surface area contributed by atoms with E-state index in [1.165, 1.54) is 64.2 Å². The highest BCUT2D eigenvalue weighted by atomic mass is 35.5. The molecule has 5 heteroatoms. The second-order valence-corrected chi connectivity index (χ2v) is 6.54. The van der Waals surface area contributed by atoms with Crippen molar-refractivity contribution in [2.24, 2.45) is 0 Å². The molecule has 1 aromatic heterocycles. The Balaban J connectivity index is 0.00000529. The van der Waals surface area contributed by atoms with E-state index in [0.717, 1.165) is 12.8 Å². The van der Waals surface area contributed by atoms with Crippen molar-refractivity contribution in [3.63, 3.8) is 0 Å². The highest BCUT2D eigenvalue weighted by molar-refractivity contribution is 5.85. The lowest BCUT2D eigenvalue weighted by molar-refractivity contribution is -0.141. The number of imidazole rings is 1. The maximum absolute atomic E-state index is 11.3. The summed E-state index contributed by atoms with van der Waals surface area (Å²) in [5.41, 5.74) is 0. The molecule has 0 aliphatic carbocycles. The first kappa shape index (κ1) is 23.0.